The number of hydrogen-bond donors (Lipinski definition) is 0. The van der Waals surface area contributed by atoms with Gasteiger partial charge in [-0.05, 0) is 43.1 Å². The smallest absolute Gasteiger partial charge is 0.307 e. The molecule has 0 N–H and O–H groups in total. The van der Waals surface area contributed by atoms with E-state index in [1.54, 1.807) is 0 Å². The van der Waals surface area contributed by atoms with Crippen LogP contribution in [0.2, 0.25) is 0 Å². The predicted octanol–water partition coefficient (Wildman–Crippen LogP) is 4.21. The number of carbonyl (C=O) groups is 3. The van der Waals surface area contributed by atoms with Crippen molar-refractivity contribution in [1.82, 2.24) is 0 Å². The molecular formula is C21H30O6. The van der Waals surface area contributed by atoms with E-state index in [9.17, 15) is 14.4 Å². The van der Waals surface area contributed by atoms with Crippen molar-refractivity contribution in [2.24, 2.45) is 11.3 Å². The van der Waals surface area contributed by atoms with Gasteiger partial charge in [0.15, 0.2) is 0 Å². The Morgan fingerprint density at radius 2 is 1.78 bits per heavy atom. The number of carbonyl (C=O) groups excluding carboxylic acids is 3. The Labute approximate surface area is 161 Å². The Bertz CT molecular complexity index is 641. The molecule has 0 aromatic rings. The molecule has 0 bridgehead atoms. The van der Waals surface area contributed by atoms with Gasteiger partial charge in [-0.2, -0.15) is 0 Å². The molecule has 6 nitrogen and oxygen atoms in total. The van der Waals surface area contributed by atoms with Gasteiger partial charge in [0.1, 0.15) is 12.4 Å². The zero-order valence-electron chi connectivity index (χ0n) is 16.9. The lowest BCUT2D eigenvalue weighted by molar-refractivity contribution is -0.145. The van der Waals surface area contributed by atoms with Crippen LogP contribution < -0.4 is 0 Å². The van der Waals surface area contributed by atoms with Crippen molar-refractivity contribution in [3.8, 4) is 0 Å². The molecule has 0 aromatic heterocycles. The van der Waals surface area contributed by atoms with Crippen molar-refractivity contribution in [2.45, 2.75) is 66.4 Å². The van der Waals surface area contributed by atoms with Gasteiger partial charge in [-0.25, -0.2) is 0 Å². The highest BCUT2D eigenvalue weighted by atomic mass is 16.5. The molecule has 1 aliphatic rings. The minimum absolute atomic E-state index is 0.0138. The summed E-state index contributed by atoms with van der Waals surface area (Å²) in [5, 5.41) is 0. The van der Waals surface area contributed by atoms with Crippen molar-refractivity contribution >= 4 is 17.9 Å². The first-order valence-corrected chi connectivity index (χ1v) is 9.09. The van der Waals surface area contributed by atoms with E-state index in [2.05, 4.69) is 20.4 Å². The number of esters is 3. The predicted molar refractivity (Wildman–Crippen MR) is 101 cm³/mol. The van der Waals surface area contributed by atoms with Gasteiger partial charge in [0.05, 0.1) is 6.26 Å². The Hall–Kier alpha value is -2.37. The second-order valence-electron chi connectivity index (χ2n) is 7.53. The fourth-order valence-electron chi connectivity index (χ4n) is 3.41. The fourth-order valence-corrected chi connectivity index (χ4v) is 3.41. The number of allylic oxidation sites excluding steroid dienone is 1. The number of ether oxygens (including phenoxy) is 3. The lowest BCUT2D eigenvalue weighted by Gasteiger charge is -2.41. The molecule has 1 fully saturated rings. The molecule has 0 heterocycles. The second-order valence-corrected chi connectivity index (χ2v) is 7.53. The topological polar surface area (TPSA) is 78.9 Å². The van der Waals surface area contributed by atoms with E-state index in [1.165, 1.54) is 39.4 Å². The van der Waals surface area contributed by atoms with Crippen LogP contribution in [0, 0.1) is 11.3 Å². The van der Waals surface area contributed by atoms with Gasteiger partial charge in [0.2, 0.25) is 0 Å². The van der Waals surface area contributed by atoms with Gasteiger partial charge in [-0.3, -0.25) is 14.4 Å². The first kappa shape index (κ1) is 22.7. The van der Waals surface area contributed by atoms with E-state index in [0.29, 0.717) is 12.0 Å². The van der Waals surface area contributed by atoms with Crippen LogP contribution in [0.25, 0.3) is 0 Å². The molecule has 2 unspecified atom stereocenters. The molecule has 0 amide bonds. The maximum Gasteiger partial charge on any atom is 0.307 e. The fraction of sp³-hybridized carbons (Fsp3) is 0.571. The van der Waals surface area contributed by atoms with Crippen LogP contribution in [-0.4, -0.2) is 24.0 Å². The molecule has 0 aromatic carbocycles. The third kappa shape index (κ3) is 7.81. The summed E-state index contributed by atoms with van der Waals surface area (Å²) in [4.78, 5) is 33.9. The summed E-state index contributed by atoms with van der Waals surface area (Å²) in [6, 6.07) is 0. The summed E-state index contributed by atoms with van der Waals surface area (Å²) in [6.07, 6.45) is 6.81. The molecular weight excluding hydrogens is 348 g/mol. The Balaban J connectivity index is 3.16. The lowest BCUT2D eigenvalue weighted by atomic mass is 9.64. The molecule has 0 saturated heterocycles. The van der Waals surface area contributed by atoms with Gasteiger partial charge < -0.3 is 14.2 Å². The first-order chi connectivity index (χ1) is 12.5. The monoisotopic (exact) mass is 378 g/mol. The van der Waals surface area contributed by atoms with Crippen molar-refractivity contribution in [1.29, 1.82) is 0 Å². The van der Waals surface area contributed by atoms with Crippen LogP contribution in [0.3, 0.4) is 0 Å². The normalized spacial score (nSPS) is 20.9. The van der Waals surface area contributed by atoms with Crippen molar-refractivity contribution in [3.05, 3.63) is 36.3 Å². The standard InChI is InChI=1S/C21H30O6/c1-14-8-7-10-21(5,6)19(14)12-20(27-17(4)24)18(13-26-16(3)23)9-11-25-15(2)22/h9,11,13,19-20H,1,7-8,10,12H2,2-6H3. The van der Waals surface area contributed by atoms with Crippen LogP contribution in [0.15, 0.2) is 36.3 Å². The lowest BCUT2D eigenvalue weighted by Crippen LogP contribution is -2.34. The molecule has 1 saturated carbocycles. The molecule has 6 heteroatoms. The largest absolute Gasteiger partial charge is 0.458 e. The maximum absolute atomic E-state index is 11.7. The van der Waals surface area contributed by atoms with Crippen molar-refractivity contribution in [2.75, 3.05) is 0 Å². The quantitative estimate of drug-likeness (QED) is 0.217. The summed E-state index contributed by atoms with van der Waals surface area (Å²) in [6.45, 7) is 12.4. The molecule has 150 valence electrons. The van der Waals surface area contributed by atoms with Crippen LogP contribution >= 0.6 is 0 Å². The highest BCUT2D eigenvalue weighted by molar-refractivity contribution is 5.68. The highest BCUT2D eigenvalue weighted by Crippen LogP contribution is 2.46. The van der Waals surface area contributed by atoms with Gasteiger partial charge in [0.25, 0.3) is 0 Å². The average Bonchev–Trinajstić information content (AvgIpc) is 2.52. The van der Waals surface area contributed by atoms with Gasteiger partial charge in [-0.15, -0.1) is 0 Å². The second kappa shape index (κ2) is 10.1. The van der Waals surface area contributed by atoms with Gasteiger partial charge in [-0.1, -0.05) is 26.0 Å². The van der Waals surface area contributed by atoms with E-state index in [1.807, 2.05) is 0 Å². The molecule has 1 aliphatic carbocycles. The zero-order chi connectivity index (χ0) is 20.6. The molecule has 0 radical (unpaired) electrons. The average molecular weight is 378 g/mol. The number of rotatable bonds is 7. The van der Waals surface area contributed by atoms with Crippen molar-refractivity contribution < 1.29 is 28.6 Å². The molecule has 27 heavy (non-hydrogen) atoms. The van der Waals surface area contributed by atoms with E-state index in [0.717, 1.165) is 24.8 Å². The van der Waals surface area contributed by atoms with Crippen molar-refractivity contribution in [3.63, 3.8) is 0 Å². The Morgan fingerprint density at radius 1 is 1.15 bits per heavy atom. The summed E-state index contributed by atoms with van der Waals surface area (Å²) in [5.41, 5.74) is 1.56. The summed E-state index contributed by atoms with van der Waals surface area (Å²) >= 11 is 0. The minimum atomic E-state index is -0.659. The highest BCUT2D eigenvalue weighted by Gasteiger charge is 2.37. The third-order valence-corrected chi connectivity index (χ3v) is 4.74. The summed E-state index contributed by atoms with van der Waals surface area (Å²) in [5.74, 6) is -1.30. The van der Waals surface area contributed by atoms with Crippen LogP contribution in [-0.2, 0) is 28.6 Å². The summed E-state index contributed by atoms with van der Waals surface area (Å²) < 4.78 is 15.3. The Morgan fingerprint density at radius 3 is 2.30 bits per heavy atom. The van der Waals surface area contributed by atoms with Gasteiger partial charge in [0, 0.05) is 26.3 Å². The van der Waals surface area contributed by atoms with E-state index >= 15 is 0 Å². The van der Waals surface area contributed by atoms with Gasteiger partial charge >= 0.3 is 17.9 Å². The maximum atomic E-state index is 11.7. The Kier molecular flexibility index (Phi) is 8.47. The van der Waals surface area contributed by atoms with Crippen LogP contribution in [0.1, 0.15) is 60.3 Å². The molecule has 0 aliphatic heterocycles. The molecule has 1 rings (SSSR count). The van der Waals surface area contributed by atoms with Crippen LogP contribution in [0.5, 0.6) is 0 Å². The SMILES string of the molecule is C=C1CCCC(C)(C)C1CC(OC(C)=O)C(C=COC(C)=O)=COC(C)=O. The molecule has 0 spiro atoms. The summed E-state index contributed by atoms with van der Waals surface area (Å²) in [7, 11) is 0. The van der Waals surface area contributed by atoms with Crippen LogP contribution in [0.4, 0.5) is 0 Å². The zero-order valence-corrected chi connectivity index (χ0v) is 16.9. The third-order valence-electron chi connectivity index (χ3n) is 4.74. The first-order valence-electron chi connectivity index (χ1n) is 9.09. The van der Waals surface area contributed by atoms with E-state index in [-0.39, 0.29) is 11.3 Å². The molecule has 2 atom stereocenters. The minimum Gasteiger partial charge on any atom is -0.458 e. The van der Waals surface area contributed by atoms with E-state index in [4.69, 9.17) is 14.2 Å². The number of hydrogen-bond acceptors (Lipinski definition) is 6. The van der Waals surface area contributed by atoms with E-state index < -0.39 is 24.0 Å².